The highest BCUT2D eigenvalue weighted by atomic mass is 19.2. The van der Waals surface area contributed by atoms with Gasteiger partial charge in [0.15, 0.2) is 11.6 Å². The van der Waals surface area contributed by atoms with Crippen LogP contribution in [0, 0.1) is 11.6 Å². The zero-order valence-electron chi connectivity index (χ0n) is 18.0. The van der Waals surface area contributed by atoms with Crippen molar-refractivity contribution in [2.24, 2.45) is 7.05 Å². The number of pyridine rings is 1. The number of hydrogen-bond acceptors (Lipinski definition) is 5. The van der Waals surface area contributed by atoms with Crippen LogP contribution in [0.25, 0.3) is 6.08 Å². The fourth-order valence-electron chi connectivity index (χ4n) is 3.81. The summed E-state index contributed by atoms with van der Waals surface area (Å²) in [5, 5.41) is 2.82. The van der Waals surface area contributed by atoms with E-state index in [4.69, 9.17) is 0 Å². The number of halogens is 2. The predicted octanol–water partition coefficient (Wildman–Crippen LogP) is 1.42. The number of nitrogens with one attached hydrogen (secondary N) is 1. The molecule has 10 heteroatoms. The Hall–Kier alpha value is -4.08. The van der Waals surface area contributed by atoms with E-state index in [2.05, 4.69) is 10.3 Å². The summed E-state index contributed by atoms with van der Waals surface area (Å²) in [4.78, 5) is 44.4. The van der Waals surface area contributed by atoms with Gasteiger partial charge < -0.3 is 10.2 Å². The molecule has 1 aromatic carbocycles. The third-order valence-corrected chi connectivity index (χ3v) is 5.46. The molecule has 1 amide bonds. The first-order valence-corrected chi connectivity index (χ1v) is 10.1. The number of nitrogens with zero attached hydrogens (tertiary/aromatic N) is 4. The van der Waals surface area contributed by atoms with Crippen molar-refractivity contribution >= 4 is 17.8 Å². The van der Waals surface area contributed by atoms with Crippen LogP contribution in [-0.2, 0) is 24.9 Å². The lowest BCUT2D eigenvalue weighted by Gasteiger charge is -2.29. The van der Waals surface area contributed by atoms with Crippen molar-refractivity contribution < 1.29 is 13.6 Å². The Morgan fingerprint density at radius 3 is 2.48 bits per heavy atom. The second kappa shape index (κ2) is 8.81. The number of benzene rings is 1. The first-order valence-electron chi connectivity index (χ1n) is 10.1. The minimum Gasteiger partial charge on any atom is -0.356 e. The molecule has 0 aliphatic carbocycles. The summed E-state index contributed by atoms with van der Waals surface area (Å²) in [6, 6.07) is 6.76. The van der Waals surface area contributed by atoms with E-state index in [0.29, 0.717) is 17.9 Å². The molecule has 1 aliphatic heterocycles. The molecule has 0 spiro atoms. The van der Waals surface area contributed by atoms with Crippen LogP contribution in [0.3, 0.4) is 0 Å². The molecule has 33 heavy (non-hydrogen) atoms. The van der Waals surface area contributed by atoms with Crippen LogP contribution in [0.15, 0.2) is 57.9 Å². The van der Waals surface area contributed by atoms with E-state index in [1.807, 2.05) is 0 Å². The molecule has 3 heterocycles. The number of carbonyl (C=O) groups excluding carboxylic acids is 1. The SMILES string of the molecule is CN1CC(C(=O)NCc2ccncc2)=Cc2c1n(C)c(=O)n(Cc1ccc(F)c(F)c1)c2=O. The number of hydrogen-bond donors (Lipinski definition) is 1. The maximum atomic E-state index is 13.6. The normalized spacial score (nSPS) is 12.8. The molecule has 0 atom stereocenters. The van der Waals surface area contributed by atoms with Gasteiger partial charge in [-0.2, -0.15) is 0 Å². The van der Waals surface area contributed by atoms with E-state index in [9.17, 15) is 23.2 Å². The first kappa shape index (κ1) is 22.1. The highest BCUT2D eigenvalue weighted by Crippen LogP contribution is 2.23. The minimum atomic E-state index is -1.07. The molecule has 1 N–H and O–H groups in total. The second-order valence-corrected chi connectivity index (χ2v) is 7.78. The third-order valence-electron chi connectivity index (χ3n) is 5.46. The van der Waals surface area contributed by atoms with E-state index in [1.165, 1.54) is 23.8 Å². The van der Waals surface area contributed by atoms with Gasteiger partial charge in [-0.15, -0.1) is 0 Å². The van der Waals surface area contributed by atoms with Gasteiger partial charge in [-0.05, 0) is 41.5 Å². The van der Waals surface area contributed by atoms with Crippen molar-refractivity contribution in [2.45, 2.75) is 13.1 Å². The van der Waals surface area contributed by atoms with E-state index >= 15 is 0 Å². The monoisotopic (exact) mass is 453 g/mol. The number of rotatable bonds is 5. The van der Waals surface area contributed by atoms with Crippen molar-refractivity contribution in [2.75, 3.05) is 18.5 Å². The van der Waals surface area contributed by atoms with Crippen molar-refractivity contribution in [1.82, 2.24) is 19.4 Å². The number of anilines is 1. The van der Waals surface area contributed by atoms with Crippen molar-refractivity contribution in [3.8, 4) is 0 Å². The van der Waals surface area contributed by atoms with E-state index < -0.39 is 22.9 Å². The molecule has 0 saturated carbocycles. The second-order valence-electron chi connectivity index (χ2n) is 7.78. The highest BCUT2D eigenvalue weighted by molar-refractivity contribution is 6.00. The van der Waals surface area contributed by atoms with Gasteiger partial charge in [0, 0.05) is 45.2 Å². The summed E-state index contributed by atoms with van der Waals surface area (Å²) >= 11 is 0. The van der Waals surface area contributed by atoms with Crippen molar-refractivity contribution in [3.05, 3.63) is 97.5 Å². The molecule has 170 valence electrons. The summed E-state index contributed by atoms with van der Waals surface area (Å²) in [5.74, 6) is -2.05. The largest absolute Gasteiger partial charge is 0.356 e. The molecule has 0 saturated heterocycles. The number of likely N-dealkylation sites (N-methyl/N-ethyl adjacent to an activating group) is 1. The lowest BCUT2D eigenvalue weighted by Crippen LogP contribution is -2.45. The van der Waals surface area contributed by atoms with E-state index in [-0.39, 0.29) is 30.1 Å². The summed E-state index contributed by atoms with van der Waals surface area (Å²) in [5.41, 5.74) is 0.436. The number of amides is 1. The summed E-state index contributed by atoms with van der Waals surface area (Å²) < 4.78 is 29.1. The van der Waals surface area contributed by atoms with Crippen molar-refractivity contribution in [3.63, 3.8) is 0 Å². The zero-order chi connectivity index (χ0) is 23.7. The molecule has 8 nitrogen and oxygen atoms in total. The van der Waals surface area contributed by atoms with Gasteiger partial charge >= 0.3 is 5.69 Å². The number of aromatic nitrogens is 3. The lowest BCUT2D eigenvalue weighted by molar-refractivity contribution is -0.117. The Labute approximate surface area is 187 Å². The fraction of sp³-hybridized carbons (Fsp3) is 0.217. The van der Waals surface area contributed by atoms with Gasteiger partial charge in [-0.3, -0.25) is 23.7 Å². The van der Waals surface area contributed by atoms with Crippen LogP contribution < -0.4 is 21.5 Å². The summed E-state index contributed by atoms with van der Waals surface area (Å²) in [7, 11) is 3.20. The quantitative estimate of drug-likeness (QED) is 0.631. The average Bonchev–Trinajstić information content (AvgIpc) is 2.81. The topological polar surface area (TPSA) is 89.2 Å². The molecular formula is C23H21F2N5O3. The van der Waals surface area contributed by atoms with Gasteiger partial charge in [0.2, 0.25) is 5.91 Å². The van der Waals surface area contributed by atoms with Crippen molar-refractivity contribution in [1.29, 1.82) is 0 Å². The van der Waals surface area contributed by atoms with Gasteiger partial charge in [-0.1, -0.05) is 6.07 Å². The zero-order valence-corrected chi connectivity index (χ0v) is 18.0. The maximum Gasteiger partial charge on any atom is 0.332 e. The summed E-state index contributed by atoms with van der Waals surface area (Å²) in [6.45, 7) is 0.259. The Balaban J connectivity index is 1.69. The van der Waals surface area contributed by atoms with Gasteiger partial charge in [0.25, 0.3) is 5.56 Å². The number of fused-ring (bicyclic) bond motifs is 1. The molecule has 4 rings (SSSR count). The van der Waals surface area contributed by atoms with E-state index in [1.54, 1.807) is 36.5 Å². The minimum absolute atomic E-state index is 0.169. The first-order chi connectivity index (χ1) is 15.8. The van der Waals surface area contributed by atoms with Crippen LogP contribution in [0.4, 0.5) is 14.6 Å². The molecule has 3 aromatic rings. The standard InChI is InChI=1S/C23H21F2N5O3/c1-28-13-16(20(31)27-11-14-5-7-26-8-6-14)10-17-21(28)29(2)23(33)30(22(17)32)12-15-3-4-18(24)19(25)9-15/h3-10H,11-13H2,1-2H3,(H,27,31). The molecule has 0 bridgehead atoms. The predicted molar refractivity (Wildman–Crippen MR) is 119 cm³/mol. The molecule has 0 unspecified atom stereocenters. The Bertz CT molecular complexity index is 1380. The third kappa shape index (κ3) is 4.32. The van der Waals surface area contributed by atoms with Crippen LogP contribution in [0.5, 0.6) is 0 Å². The average molecular weight is 453 g/mol. The summed E-state index contributed by atoms with van der Waals surface area (Å²) in [6.07, 6.45) is 4.73. The van der Waals surface area contributed by atoms with Crippen LogP contribution >= 0.6 is 0 Å². The lowest BCUT2D eigenvalue weighted by atomic mass is 10.1. The molecule has 2 aromatic heterocycles. The van der Waals surface area contributed by atoms with Crippen LogP contribution in [-0.4, -0.2) is 33.6 Å². The molecule has 0 fully saturated rings. The fourth-order valence-corrected chi connectivity index (χ4v) is 3.81. The van der Waals surface area contributed by atoms with Gasteiger partial charge in [-0.25, -0.2) is 13.6 Å². The molecular weight excluding hydrogens is 432 g/mol. The Morgan fingerprint density at radius 2 is 1.79 bits per heavy atom. The Morgan fingerprint density at radius 1 is 1.06 bits per heavy atom. The van der Waals surface area contributed by atoms with Crippen LogP contribution in [0.1, 0.15) is 16.7 Å². The molecule has 1 aliphatic rings. The van der Waals surface area contributed by atoms with Crippen LogP contribution in [0.2, 0.25) is 0 Å². The maximum absolute atomic E-state index is 13.6. The van der Waals surface area contributed by atoms with Gasteiger partial charge in [0.05, 0.1) is 12.1 Å². The molecule has 0 radical (unpaired) electrons. The van der Waals surface area contributed by atoms with Gasteiger partial charge in [0.1, 0.15) is 5.82 Å². The number of carbonyl (C=O) groups is 1. The van der Waals surface area contributed by atoms with E-state index in [0.717, 1.165) is 22.3 Å². The highest BCUT2D eigenvalue weighted by Gasteiger charge is 2.26. The Kier molecular flexibility index (Phi) is 5.91. The smallest absolute Gasteiger partial charge is 0.332 e.